The number of hydrogen-bond acceptors (Lipinski definition) is 2. The first-order chi connectivity index (χ1) is 16.2. The standard InChI is InChI=1S/C31H53NOS.H2/c1-8-34-25-24-32-31(33)23-22-30(7)21-13-19-28(5)16-10-9-15-27(4)18-12-20-29(6)17-11-14-26(2)3;/h14-16,20-21H,8-13,17-19,22-25H2,1-7H3,(H,32,33);1H/b27-15+,28-16+,29-20+,30-21+;. The van der Waals surface area contributed by atoms with Crippen LogP contribution in [0.3, 0.4) is 0 Å². The molecule has 34 heavy (non-hydrogen) atoms. The summed E-state index contributed by atoms with van der Waals surface area (Å²) in [5.74, 6) is 2.29. The van der Waals surface area contributed by atoms with Crippen LogP contribution in [-0.4, -0.2) is 24.0 Å². The molecule has 0 saturated heterocycles. The topological polar surface area (TPSA) is 29.1 Å². The first-order valence-electron chi connectivity index (χ1n) is 13.3. The van der Waals surface area contributed by atoms with Gasteiger partial charge in [0.1, 0.15) is 0 Å². The maximum atomic E-state index is 11.9. The Morgan fingerprint density at radius 3 is 1.56 bits per heavy atom. The van der Waals surface area contributed by atoms with Crippen LogP contribution in [0.15, 0.2) is 58.2 Å². The molecule has 0 saturated carbocycles. The Bertz CT molecular complexity index is 711. The van der Waals surface area contributed by atoms with Crippen molar-refractivity contribution < 1.29 is 6.22 Å². The molecule has 0 aliphatic rings. The monoisotopic (exact) mass is 489 g/mol. The SMILES string of the molecule is CCSCCNC(=O)CC/C(C)=C/CC/C(C)=C/CC/C=C(\C)CC/C=C(\C)CCC=C(C)C.[HH]. The molecule has 0 aromatic rings. The molecular formula is C31H55NOS. The van der Waals surface area contributed by atoms with Crippen LogP contribution in [0.1, 0.15) is 114 Å². The summed E-state index contributed by atoms with van der Waals surface area (Å²) in [5, 5.41) is 3.00. The van der Waals surface area contributed by atoms with E-state index in [0.717, 1.165) is 63.0 Å². The number of hydrogen-bond donors (Lipinski definition) is 1. The summed E-state index contributed by atoms with van der Waals surface area (Å²) < 4.78 is 0. The van der Waals surface area contributed by atoms with Gasteiger partial charge in [-0.3, -0.25) is 4.79 Å². The lowest BCUT2D eigenvalue weighted by atomic mass is 10.0. The van der Waals surface area contributed by atoms with E-state index in [9.17, 15) is 4.79 Å². The van der Waals surface area contributed by atoms with Gasteiger partial charge in [0.25, 0.3) is 0 Å². The molecule has 3 heteroatoms. The van der Waals surface area contributed by atoms with Crippen molar-refractivity contribution in [3.8, 4) is 0 Å². The molecule has 0 rings (SSSR count). The number of unbranched alkanes of at least 4 members (excludes halogenated alkanes) is 1. The van der Waals surface area contributed by atoms with Gasteiger partial charge in [0.05, 0.1) is 0 Å². The van der Waals surface area contributed by atoms with Crippen molar-refractivity contribution in [2.75, 3.05) is 18.1 Å². The number of carbonyl (C=O) groups is 1. The minimum atomic E-state index is 0. The van der Waals surface area contributed by atoms with Gasteiger partial charge in [-0.1, -0.05) is 65.2 Å². The Balaban J connectivity index is 0. The quantitative estimate of drug-likeness (QED) is 0.144. The number of rotatable bonds is 19. The average Bonchev–Trinajstić information content (AvgIpc) is 2.78. The largest absolute Gasteiger partial charge is 0.355 e. The molecule has 2 nitrogen and oxygen atoms in total. The number of amides is 1. The zero-order valence-corrected chi connectivity index (χ0v) is 24.2. The van der Waals surface area contributed by atoms with Crippen LogP contribution < -0.4 is 5.32 Å². The van der Waals surface area contributed by atoms with Crippen molar-refractivity contribution in [3.05, 3.63) is 58.2 Å². The van der Waals surface area contributed by atoms with E-state index in [1.807, 2.05) is 11.8 Å². The van der Waals surface area contributed by atoms with E-state index in [1.54, 1.807) is 0 Å². The van der Waals surface area contributed by atoms with E-state index < -0.39 is 0 Å². The second-order valence-corrected chi connectivity index (χ2v) is 11.1. The van der Waals surface area contributed by atoms with Gasteiger partial charge < -0.3 is 5.32 Å². The van der Waals surface area contributed by atoms with Crippen LogP contribution in [0.4, 0.5) is 0 Å². The number of allylic oxidation sites excluding steroid dienone is 10. The van der Waals surface area contributed by atoms with Gasteiger partial charge in [-0.05, 0) is 105 Å². The smallest absolute Gasteiger partial charge is 0.220 e. The molecular weight excluding hydrogens is 434 g/mol. The summed E-state index contributed by atoms with van der Waals surface area (Å²) in [6.45, 7) is 16.2. The van der Waals surface area contributed by atoms with Gasteiger partial charge in [-0.15, -0.1) is 0 Å². The average molecular weight is 490 g/mol. The molecule has 1 amide bonds. The number of thioether (sulfide) groups is 1. The Morgan fingerprint density at radius 2 is 1.09 bits per heavy atom. The van der Waals surface area contributed by atoms with Crippen molar-refractivity contribution in [2.24, 2.45) is 0 Å². The van der Waals surface area contributed by atoms with Crippen molar-refractivity contribution >= 4 is 17.7 Å². The van der Waals surface area contributed by atoms with Crippen LogP contribution in [0.25, 0.3) is 0 Å². The molecule has 0 bridgehead atoms. The molecule has 0 radical (unpaired) electrons. The van der Waals surface area contributed by atoms with Gasteiger partial charge in [0, 0.05) is 20.1 Å². The molecule has 0 aromatic heterocycles. The van der Waals surface area contributed by atoms with Crippen molar-refractivity contribution in [3.63, 3.8) is 0 Å². The van der Waals surface area contributed by atoms with Crippen molar-refractivity contribution in [1.29, 1.82) is 0 Å². The highest BCUT2D eigenvalue weighted by molar-refractivity contribution is 7.99. The molecule has 0 spiro atoms. The summed E-state index contributed by atoms with van der Waals surface area (Å²) in [5.41, 5.74) is 7.22. The van der Waals surface area contributed by atoms with Gasteiger partial charge >= 0.3 is 0 Å². The van der Waals surface area contributed by atoms with E-state index in [-0.39, 0.29) is 7.33 Å². The Labute approximate surface area is 218 Å². The molecule has 0 heterocycles. The van der Waals surface area contributed by atoms with Crippen LogP contribution in [-0.2, 0) is 4.79 Å². The Kier molecular flexibility index (Phi) is 21.1. The van der Waals surface area contributed by atoms with Gasteiger partial charge in [-0.2, -0.15) is 11.8 Å². The Hall–Kier alpha value is -1.48. The van der Waals surface area contributed by atoms with E-state index in [0.29, 0.717) is 6.42 Å². The highest BCUT2D eigenvalue weighted by Crippen LogP contribution is 2.14. The predicted octanol–water partition coefficient (Wildman–Crippen LogP) is 9.75. The van der Waals surface area contributed by atoms with Crippen LogP contribution in [0.5, 0.6) is 0 Å². The van der Waals surface area contributed by atoms with Crippen LogP contribution in [0.2, 0.25) is 0 Å². The Morgan fingerprint density at radius 1 is 0.647 bits per heavy atom. The molecule has 0 unspecified atom stereocenters. The summed E-state index contributed by atoms with van der Waals surface area (Å²) in [4.78, 5) is 11.9. The lowest BCUT2D eigenvalue weighted by Crippen LogP contribution is -2.25. The number of carbonyl (C=O) groups excluding carboxylic acids is 1. The van der Waals surface area contributed by atoms with Crippen LogP contribution in [0, 0.1) is 0 Å². The zero-order chi connectivity index (χ0) is 25.6. The first kappa shape index (κ1) is 32.5. The highest BCUT2D eigenvalue weighted by Gasteiger charge is 2.01. The lowest BCUT2D eigenvalue weighted by Gasteiger charge is -2.05. The summed E-state index contributed by atoms with van der Waals surface area (Å²) in [6.07, 6.45) is 22.4. The van der Waals surface area contributed by atoms with Crippen molar-refractivity contribution in [1.82, 2.24) is 5.32 Å². The third kappa shape index (κ3) is 22.3. The molecule has 0 fully saturated rings. The maximum Gasteiger partial charge on any atom is 0.220 e. The minimum absolute atomic E-state index is 0. The molecule has 0 aliphatic heterocycles. The van der Waals surface area contributed by atoms with Crippen molar-refractivity contribution in [2.45, 2.75) is 113 Å². The zero-order valence-electron chi connectivity index (χ0n) is 23.4. The molecule has 1 N–H and O–H groups in total. The second-order valence-electron chi connectivity index (χ2n) is 9.72. The summed E-state index contributed by atoms with van der Waals surface area (Å²) in [7, 11) is 0. The van der Waals surface area contributed by atoms with Crippen LogP contribution >= 0.6 is 11.8 Å². The second kappa shape index (κ2) is 22.0. The fourth-order valence-corrected chi connectivity index (χ4v) is 4.09. The summed E-state index contributed by atoms with van der Waals surface area (Å²) in [6, 6.07) is 0. The third-order valence-corrected chi connectivity index (χ3v) is 6.73. The lowest BCUT2D eigenvalue weighted by molar-refractivity contribution is -0.120. The fourth-order valence-electron chi connectivity index (χ4n) is 3.55. The maximum absolute atomic E-state index is 11.9. The van der Waals surface area contributed by atoms with E-state index in [1.165, 1.54) is 40.7 Å². The van der Waals surface area contributed by atoms with Gasteiger partial charge in [-0.25, -0.2) is 0 Å². The minimum Gasteiger partial charge on any atom is -0.355 e. The third-order valence-electron chi connectivity index (χ3n) is 5.83. The number of nitrogens with one attached hydrogen (secondary N) is 1. The van der Waals surface area contributed by atoms with E-state index >= 15 is 0 Å². The molecule has 0 atom stereocenters. The molecule has 0 aliphatic carbocycles. The highest BCUT2D eigenvalue weighted by atomic mass is 32.2. The summed E-state index contributed by atoms with van der Waals surface area (Å²) >= 11 is 1.86. The fraction of sp³-hybridized carbons (Fsp3) is 0.645. The van der Waals surface area contributed by atoms with E-state index in [2.05, 4.69) is 84.2 Å². The predicted molar refractivity (Wildman–Crippen MR) is 159 cm³/mol. The van der Waals surface area contributed by atoms with E-state index in [4.69, 9.17) is 0 Å². The van der Waals surface area contributed by atoms with Gasteiger partial charge in [0.2, 0.25) is 5.91 Å². The molecule has 196 valence electrons. The van der Waals surface area contributed by atoms with Gasteiger partial charge in [0.15, 0.2) is 0 Å². The first-order valence-corrected chi connectivity index (χ1v) is 14.5. The molecule has 0 aromatic carbocycles. The normalized spacial score (nSPS) is 13.3.